The minimum Gasteiger partial charge on any atom is -0.317 e. The molecular formula is C13H24F3N3. The van der Waals surface area contributed by atoms with Gasteiger partial charge in [0.2, 0.25) is 0 Å². The maximum Gasteiger partial charge on any atom is 0.401 e. The van der Waals surface area contributed by atoms with Gasteiger partial charge in [0, 0.05) is 32.2 Å². The molecule has 0 bridgehead atoms. The fourth-order valence-electron chi connectivity index (χ4n) is 3.11. The largest absolute Gasteiger partial charge is 0.401 e. The number of piperazine rings is 1. The van der Waals surface area contributed by atoms with E-state index in [1.54, 1.807) is 0 Å². The zero-order chi connectivity index (χ0) is 13.9. The van der Waals surface area contributed by atoms with Crippen LogP contribution in [0.25, 0.3) is 0 Å². The third-order valence-electron chi connectivity index (χ3n) is 4.31. The van der Waals surface area contributed by atoms with Crippen molar-refractivity contribution >= 4 is 0 Å². The van der Waals surface area contributed by atoms with Gasteiger partial charge < -0.3 is 5.32 Å². The van der Waals surface area contributed by atoms with Crippen LogP contribution in [0.2, 0.25) is 0 Å². The molecular weight excluding hydrogens is 255 g/mol. The quantitative estimate of drug-likeness (QED) is 0.824. The average molecular weight is 279 g/mol. The maximum absolute atomic E-state index is 12.3. The number of rotatable bonds is 5. The van der Waals surface area contributed by atoms with Crippen LogP contribution in [0.1, 0.15) is 19.8 Å². The molecule has 0 amide bonds. The fraction of sp³-hybridized carbons (Fsp3) is 1.00. The summed E-state index contributed by atoms with van der Waals surface area (Å²) < 4.78 is 36.9. The van der Waals surface area contributed by atoms with E-state index in [-0.39, 0.29) is 0 Å². The standard InChI is InChI=1S/C13H24F3N3/c1-2-17-9-11-3-4-12(11)19-7-5-18(6-8-19)10-13(14,15)16/h11-12,17H,2-10H2,1H3. The van der Waals surface area contributed by atoms with E-state index in [9.17, 15) is 13.2 Å². The van der Waals surface area contributed by atoms with Gasteiger partial charge in [0.15, 0.2) is 0 Å². The molecule has 2 aliphatic rings. The lowest BCUT2D eigenvalue weighted by atomic mass is 9.78. The van der Waals surface area contributed by atoms with Crippen molar-refractivity contribution in [2.75, 3.05) is 45.8 Å². The Morgan fingerprint density at radius 3 is 2.26 bits per heavy atom. The molecule has 0 spiro atoms. The van der Waals surface area contributed by atoms with Gasteiger partial charge >= 0.3 is 6.18 Å². The van der Waals surface area contributed by atoms with Crippen molar-refractivity contribution in [3.05, 3.63) is 0 Å². The first kappa shape index (κ1) is 15.1. The molecule has 2 fully saturated rings. The van der Waals surface area contributed by atoms with Crippen molar-refractivity contribution in [1.29, 1.82) is 0 Å². The van der Waals surface area contributed by atoms with Crippen molar-refractivity contribution in [2.45, 2.75) is 32.0 Å². The third-order valence-corrected chi connectivity index (χ3v) is 4.31. The second kappa shape index (κ2) is 6.41. The topological polar surface area (TPSA) is 18.5 Å². The molecule has 112 valence electrons. The molecule has 19 heavy (non-hydrogen) atoms. The maximum atomic E-state index is 12.3. The SMILES string of the molecule is CCNCC1CCC1N1CCN(CC(F)(F)F)CC1. The van der Waals surface area contributed by atoms with Gasteiger partial charge in [-0.05, 0) is 31.8 Å². The molecule has 1 saturated carbocycles. The normalized spacial score (nSPS) is 30.3. The summed E-state index contributed by atoms with van der Waals surface area (Å²) in [6.45, 7) is 6.03. The van der Waals surface area contributed by atoms with Crippen molar-refractivity contribution in [3.8, 4) is 0 Å². The second-order valence-electron chi connectivity index (χ2n) is 5.64. The Morgan fingerprint density at radius 2 is 1.79 bits per heavy atom. The zero-order valence-electron chi connectivity index (χ0n) is 11.5. The van der Waals surface area contributed by atoms with Gasteiger partial charge in [-0.25, -0.2) is 0 Å². The molecule has 2 atom stereocenters. The molecule has 0 aromatic carbocycles. The molecule has 1 aliphatic carbocycles. The monoisotopic (exact) mass is 279 g/mol. The van der Waals surface area contributed by atoms with Crippen LogP contribution in [-0.2, 0) is 0 Å². The summed E-state index contributed by atoms with van der Waals surface area (Å²) in [5.41, 5.74) is 0. The van der Waals surface area contributed by atoms with E-state index >= 15 is 0 Å². The molecule has 1 saturated heterocycles. The molecule has 1 heterocycles. The fourth-order valence-corrected chi connectivity index (χ4v) is 3.11. The molecule has 6 heteroatoms. The molecule has 0 radical (unpaired) electrons. The molecule has 0 aromatic rings. The minimum atomic E-state index is -4.06. The highest BCUT2D eigenvalue weighted by Gasteiger charge is 2.38. The summed E-state index contributed by atoms with van der Waals surface area (Å²) in [5.74, 6) is 0.689. The lowest BCUT2D eigenvalue weighted by molar-refractivity contribution is -0.150. The predicted molar refractivity (Wildman–Crippen MR) is 69.1 cm³/mol. The predicted octanol–water partition coefficient (Wildman–Crippen LogP) is 1.55. The van der Waals surface area contributed by atoms with E-state index in [4.69, 9.17) is 0 Å². The van der Waals surface area contributed by atoms with Gasteiger partial charge in [-0.15, -0.1) is 0 Å². The van der Waals surface area contributed by atoms with Crippen LogP contribution in [0.15, 0.2) is 0 Å². The summed E-state index contributed by atoms with van der Waals surface area (Å²) in [6, 6.07) is 0.590. The van der Waals surface area contributed by atoms with Crippen molar-refractivity contribution in [2.24, 2.45) is 5.92 Å². The van der Waals surface area contributed by atoms with E-state index in [0.717, 1.165) is 26.2 Å². The number of hydrogen-bond donors (Lipinski definition) is 1. The Labute approximate surface area is 113 Å². The lowest BCUT2D eigenvalue weighted by Crippen LogP contribution is -2.57. The van der Waals surface area contributed by atoms with Crippen LogP contribution in [0.5, 0.6) is 0 Å². The molecule has 1 aliphatic heterocycles. The Bertz CT molecular complexity index is 275. The highest BCUT2D eigenvalue weighted by Crippen LogP contribution is 2.32. The Morgan fingerprint density at radius 1 is 1.11 bits per heavy atom. The van der Waals surface area contributed by atoms with Crippen molar-refractivity contribution in [3.63, 3.8) is 0 Å². The van der Waals surface area contributed by atoms with E-state index in [1.807, 2.05) is 0 Å². The summed E-state index contributed by atoms with van der Waals surface area (Å²) in [7, 11) is 0. The smallest absolute Gasteiger partial charge is 0.317 e. The van der Waals surface area contributed by atoms with Gasteiger partial charge in [0.25, 0.3) is 0 Å². The first-order chi connectivity index (χ1) is 8.99. The van der Waals surface area contributed by atoms with E-state index in [0.29, 0.717) is 25.0 Å². The molecule has 1 N–H and O–H groups in total. The van der Waals surface area contributed by atoms with E-state index in [2.05, 4.69) is 17.1 Å². The van der Waals surface area contributed by atoms with Crippen LogP contribution in [0, 0.1) is 5.92 Å². The van der Waals surface area contributed by atoms with Crippen LogP contribution in [0.3, 0.4) is 0 Å². The van der Waals surface area contributed by atoms with E-state index in [1.165, 1.54) is 17.7 Å². The first-order valence-electron chi connectivity index (χ1n) is 7.23. The number of nitrogens with zero attached hydrogens (tertiary/aromatic N) is 2. The Hall–Kier alpha value is -0.330. The van der Waals surface area contributed by atoms with Gasteiger partial charge in [0.1, 0.15) is 0 Å². The van der Waals surface area contributed by atoms with Crippen LogP contribution in [-0.4, -0.2) is 67.8 Å². The molecule has 3 nitrogen and oxygen atoms in total. The van der Waals surface area contributed by atoms with Gasteiger partial charge in [-0.3, -0.25) is 9.80 Å². The highest BCUT2D eigenvalue weighted by atomic mass is 19.4. The summed E-state index contributed by atoms with van der Waals surface area (Å²) in [6.07, 6.45) is -1.61. The number of alkyl halides is 3. The molecule has 2 rings (SSSR count). The first-order valence-corrected chi connectivity index (χ1v) is 7.23. The zero-order valence-corrected chi connectivity index (χ0v) is 11.5. The number of nitrogens with one attached hydrogen (secondary N) is 1. The average Bonchev–Trinajstić information content (AvgIpc) is 2.29. The molecule has 2 unspecified atom stereocenters. The summed E-state index contributed by atoms with van der Waals surface area (Å²) in [4.78, 5) is 3.91. The lowest BCUT2D eigenvalue weighted by Gasteiger charge is -2.48. The minimum absolute atomic E-state index is 0.546. The van der Waals surface area contributed by atoms with E-state index < -0.39 is 12.7 Å². The van der Waals surface area contributed by atoms with Gasteiger partial charge in [-0.2, -0.15) is 13.2 Å². The van der Waals surface area contributed by atoms with Crippen molar-refractivity contribution in [1.82, 2.24) is 15.1 Å². The summed E-state index contributed by atoms with van der Waals surface area (Å²) >= 11 is 0. The third kappa shape index (κ3) is 4.33. The number of hydrogen-bond acceptors (Lipinski definition) is 3. The van der Waals surface area contributed by atoms with Crippen LogP contribution in [0.4, 0.5) is 13.2 Å². The van der Waals surface area contributed by atoms with Crippen LogP contribution >= 0.6 is 0 Å². The van der Waals surface area contributed by atoms with Crippen molar-refractivity contribution < 1.29 is 13.2 Å². The van der Waals surface area contributed by atoms with Gasteiger partial charge in [-0.1, -0.05) is 6.92 Å². The molecule has 0 aromatic heterocycles. The second-order valence-corrected chi connectivity index (χ2v) is 5.64. The summed E-state index contributed by atoms with van der Waals surface area (Å²) in [5, 5.41) is 3.37. The Balaban J connectivity index is 1.71. The van der Waals surface area contributed by atoms with Crippen LogP contribution < -0.4 is 5.32 Å². The number of halogens is 3. The van der Waals surface area contributed by atoms with Gasteiger partial charge in [0.05, 0.1) is 6.54 Å². The Kier molecular flexibility index (Phi) is 5.09. The highest BCUT2D eigenvalue weighted by molar-refractivity contribution is 4.92.